The predicted molar refractivity (Wildman–Crippen MR) is 95.6 cm³/mol. The molecule has 0 aromatic heterocycles. The lowest BCUT2D eigenvalue weighted by molar-refractivity contribution is -0.132. The zero-order chi connectivity index (χ0) is 17.5. The number of rotatable bonds is 6. The third-order valence-electron chi connectivity index (χ3n) is 3.82. The lowest BCUT2D eigenvalue weighted by Crippen LogP contribution is -2.43. The SMILES string of the molecule is Cc1cccc(C(=O)NCC(=O)N(Cc2ccccc2)C(C)C)c1. The summed E-state index contributed by atoms with van der Waals surface area (Å²) in [5.41, 5.74) is 2.66. The number of aryl methyl sites for hydroxylation is 1. The van der Waals surface area contributed by atoms with Crippen LogP contribution < -0.4 is 5.32 Å². The number of carbonyl (C=O) groups is 2. The van der Waals surface area contributed by atoms with Gasteiger partial charge in [0.05, 0.1) is 6.54 Å². The van der Waals surface area contributed by atoms with Gasteiger partial charge in [-0.1, -0.05) is 48.0 Å². The smallest absolute Gasteiger partial charge is 0.251 e. The van der Waals surface area contributed by atoms with Crippen molar-refractivity contribution in [2.45, 2.75) is 33.4 Å². The van der Waals surface area contributed by atoms with E-state index in [9.17, 15) is 9.59 Å². The Morgan fingerprint density at radius 3 is 2.38 bits per heavy atom. The first kappa shape index (κ1) is 17.7. The van der Waals surface area contributed by atoms with Crippen molar-refractivity contribution < 1.29 is 9.59 Å². The zero-order valence-corrected chi connectivity index (χ0v) is 14.5. The summed E-state index contributed by atoms with van der Waals surface area (Å²) in [5.74, 6) is -0.315. The van der Waals surface area contributed by atoms with E-state index in [0.717, 1.165) is 11.1 Å². The average Bonchev–Trinajstić information content (AvgIpc) is 2.58. The average molecular weight is 324 g/mol. The third kappa shape index (κ3) is 4.95. The zero-order valence-electron chi connectivity index (χ0n) is 14.5. The molecule has 4 nitrogen and oxygen atoms in total. The van der Waals surface area contributed by atoms with Gasteiger partial charge < -0.3 is 10.2 Å². The number of hydrogen-bond acceptors (Lipinski definition) is 2. The van der Waals surface area contributed by atoms with Gasteiger partial charge in [0.2, 0.25) is 5.91 Å². The maximum atomic E-state index is 12.5. The second-order valence-electron chi connectivity index (χ2n) is 6.15. The van der Waals surface area contributed by atoms with E-state index in [-0.39, 0.29) is 24.4 Å². The van der Waals surface area contributed by atoms with Crippen molar-refractivity contribution in [1.29, 1.82) is 0 Å². The number of amides is 2. The normalized spacial score (nSPS) is 10.5. The molecule has 0 fully saturated rings. The molecule has 0 aliphatic heterocycles. The van der Waals surface area contributed by atoms with Crippen LogP contribution in [0.15, 0.2) is 54.6 Å². The van der Waals surface area contributed by atoms with Gasteiger partial charge in [0.25, 0.3) is 5.91 Å². The summed E-state index contributed by atoms with van der Waals surface area (Å²) in [4.78, 5) is 26.4. The number of nitrogens with zero attached hydrogens (tertiary/aromatic N) is 1. The van der Waals surface area contributed by atoms with Crippen LogP contribution in [0.25, 0.3) is 0 Å². The maximum absolute atomic E-state index is 12.5. The van der Waals surface area contributed by atoms with Crippen LogP contribution >= 0.6 is 0 Å². The number of carbonyl (C=O) groups excluding carboxylic acids is 2. The highest BCUT2D eigenvalue weighted by atomic mass is 16.2. The first-order valence-electron chi connectivity index (χ1n) is 8.15. The van der Waals surface area contributed by atoms with Gasteiger partial charge in [-0.2, -0.15) is 0 Å². The summed E-state index contributed by atoms with van der Waals surface area (Å²) in [6.07, 6.45) is 0. The van der Waals surface area contributed by atoms with E-state index in [2.05, 4.69) is 5.32 Å². The van der Waals surface area contributed by atoms with Gasteiger partial charge >= 0.3 is 0 Å². The van der Waals surface area contributed by atoms with Crippen LogP contribution in [-0.4, -0.2) is 29.3 Å². The van der Waals surface area contributed by atoms with Crippen LogP contribution in [0.3, 0.4) is 0 Å². The molecule has 0 spiro atoms. The fraction of sp³-hybridized carbons (Fsp3) is 0.300. The Morgan fingerprint density at radius 1 is 1.04 bits per heavy atom. The Balaban J connectivity index is 1.97. The standard InChI is InChI=1S/C20H24N2O2/c1-15(2)22(14-17-9-5-4-6-10-17)19(23)13-21-20(24)18-11-7-8-16(3)12-18/h4-12,15H,13-14H2,1-3H3,(H,21,24). The Morgan fingerprint density at radius 2 is 1.75 bits per heavy atom. The number of hydrogen-bond donors (Lipinski definition) is 1. The van der Waals surface area contributed by atoms with Crippen molar-refractivity contribution in [2.75, 3.05) is 6.54 Å². The third-order valence-corrected chi connectivity index (χ3v) is 3.82. The Labute approximate surface area is 143 Å². The Hall–Kier alpha value is -2.62. The highest BCUT2D eigenvalue weighted by Crippen LogP contribution is 2.09. The summed E-state index contributed by atoms with van der Waals surface area (Å²) < 4.78 is 0. The van der Waals surface area contributed by atoms with E-state index in [4.69, 9.17) is 0 Å². The molecule has 0 bridgehead atoms. The number of benzene rings is 2. The molecular formula is C20H24N2O2. The minimum absolute atomic E-state index is 0.00219. The van der Waals surface area contributed by atoms with Crippen LogP contribution in [0, 0.1) is 6.92 Å². The second kappa shape index (κ2) is 8.29. The summed E-state index contributed by atoms with van der Waals surface area (Å²) in [7, 11) is 0. The van der Waals surface area contributed by atoms with Crippen LogP contribution in [-0.2, 0) is 11.3 Å². The molecule has 0 atom stereocenters. The minimum atomic E-state index is -0.226. The van der Waals surface area contributed by atoms with Crippen molar-refractivity contribution >= 4 is 11.8 Å². The Kier molecular flexibility index (Phi) is 6.13. The molecule has 0 saturated carbocycles. The second-order valence-corrected chi connectivity index (χ2v) is 6.15. The molecule has 0 aliphatic rings. The van der Waals surface area contributed by atoms with E-state index in [1.165, 1.54) is 0 Å². The van der Waals surface area contributed by atoms with Gasteiger partial charge in [-0.3, -0.25) is 9.59 Å². The molecule has 2 rings (SSSR count). The van der Waals surface area contributed by atoms with E-state index < -0.39 is 0 Å². The van der Waals surface area contributed by atoms with Crippen LogP contribution in [0.1, 0.15) is 35.3 Å². The molecular weight excluding hydrogens is 300 g/mol. The molecule has 4 heteroatoms. The highest BCUT2D eigenvalue weighted by Gasteiger charge is 2.18. The molecule has 2 amide bonds. The first-order chi connectivity index (χ1) is 11.5. The van der Waals surface area contributed by atoms with Crippen LogP contribution in [0.5, 0.6) is 0 Å². The van der Waals surface area contributed by atoms with E-state index in [0.29, 0.717) is 12.1 Å². The van der Waals surface area contributed by atoms with Gasteiger partial charge in [0.1, 0.15) is 0 Å². The molecule has 0 radical (unpaired) electrons. The fourth-order valence-electron chi connectivity index (χ4n) is 2.48. The molecule has 24 heavy (non-hydrogen) atoms. The molecule has 0 aliphatic carbocycles. The largest absolute Gasteiger partial charge is 0.343 e. The van der Waals surface area contributed by atoms with Crippen molar-refractivity contribution in [3.63, 3.8) is 0 Å². The van der Waals surface area contributed by atoms with Crippen molar-refractivity contribution in [3.05, 3.63) is 71.3 Å². The van der Waals surface area contributed by atoms with E-state index >= 15 is 0 Å². The van der Waals surface area contributed by atoms with Gasteiger partial charge in [0, 0.05) is 18.2 Å². The van der Waals surface area contributed by atoms with Crippen LogP contribution in [0.2, 0.25) is 0 Å². The quantitative estimate of drug-likeness (QED) is 0.887. The summed E-state index contributed by atoms with van der Waals surface area (Å²) >= 11 is 0. The monoisotopic (exact) mass is 324 g/mol. The molecule has 2 aromatic rings. The topological polar surface area (TPSA) is 49.4 Å². The van der Waals surface area contributed by atoms with Gasteiger partial charge in [-0.05, 0) is 38.5 Å². The summed E-state index contributed by atoms with van der Waals surface area (Å²) in [6, 6.07) is 17.2. The van der Waals surface area contributed by atoms with Gasteiger partial charge in [-0.15, -0.1) is 0 Å². The fourth-order valence-corrected chi connectivity index (χ4v) is 2.48. The highest BCUT2D eigenvalue weighted by molar-refractivity contribution is 5.96. The molecule has 2 aromatic carbocycles. The molecule has 0 heterocycles. The lowest BCUT2D eigenvalue weighted by atomic mass is 10.1. The van der Waals surface area contributed by atoms with E-state index in [1.807, 2.05) is 69.3 Å². The molecule has 0 unspecified atom stereocenters. The van der Waals surface area contributed by atoms with E-state index in [1.54, 1.807) is 11.0 Å². The van der Waals surface area contributed by atoms with Gasteiger partial charge in [0.15, 0.2) is 0 Å². The van der Waals surface area contributed by atoms with Crippen molar-refractivity contribution in [1.82, 2.24) is 10.2 Å². The van der Waals surface area contributed by atoms with Crippen LogP contribution in [0.4, 0.5) is 0 Å². The minimum Gasteiger partial charge on any atom is -0.343 e. The van der Waals surface area contributed by atoms with Crippen molar-refractivity contribution in [3.8, 4) is 0 Å². The molecule has 126 valence electrons. The van der Waals surface area contributed by atoms with Crippen molar-refractivity contribution in [2.24, 2.45) is 0 Å². The first-order valence-corrected chi connectivity index (χ1v) is 8.15. The lowest BCUT2D eigenvalue weighted by Gasteiger charge is -2.27. The van der Waals surface area contributed by atoms with Gasteiger partial charge in [-0.25, -0.2) is 0 Å². The predicted octanol–water partition coefficient (Wildman–Crippen LogP) is 3.16. The number of nitrogens with one attached hydrogen (secondary N) is 1. The summed E-state index contributed by atoms with van der Waals surface area (Å²) in [5, 5.41) is 2.72. The molecule has 0 saturated heterocycles. The maximum Gasteiger partial charge on any atom is 0.251 e. The molecule has 1 N–H and O–H groups in total. The Bertz CT molecular complexity index is 696. The summed E-state index contributed by atoms with van der Waals surface area (Å²) in [6.45, 7) is 6.42.